The van der Waals surface area contributed by atoms with Crippen molar-refractivity contribution in [1.82, 2.24) is 5.32 Å². The summed E-state index contributed by atoms with van der Waals surface area (Å²) in [5, 5.41) is 3.73. The van der Waals surface area contributed by atoms with E-state index >= 15 is 0 Å². The van der Waals surface area contributed by atoms with Crippen molar-refractivity contribution >= 4 is 0 Å². The van der Waals surface area contributed by atoms with Crippen molar-refractivity contribution in [2.75, 3.05) is 7.11 Å². The molecule has 90 valence electrons. The molecule has 1 N–H and O–H groups in total. The second kappa shape index (κ2) is 5.31. The summed E-state index contributed by atoms with van der Waals surface area (Å²) in [6.07, 6.45) is 5.71. The van der Waals surface area contributed by atoms with Crippen LogP contribution in [0.4, 0.5) is 0 Å². The Kier molecular flexibility index (Phi) is 4.60. The summed E-state index contributed by atoms with van der Waals surface area (Å²) < 4.78 is 5.36. The summed E-state index contributed by atoms with van der Waals surface area (Å²) >= 11 is 0. The van der Waals surface area contributed by atoms with Crippen LogP contribution in [0, 0.1) is 5.41 Å². The zero-order valence-electron chi connectivity index (χ0n) is 11.0. The molecule has 1 aliphatic carbocycles. The average molecular weight is 213 g/mol. The Morgan fingerprint density at radius 2 is 1.93 bits per heavy atom. The van der Waals surface area contributed by atoms with E-state index < -0.39 is 0 Å². The van der Waals surface area contributed by atoms with Crippen LogP contribution in [0.1, 0.15) is 53.4 Å². The predicted molar refractivity (Wildman–Crippen MR) is 65.1 cm³/mol. The van der Waals surface area contributed by atoms with Gasteiger partial charge >= 0.3 is 0 Å². The van der Waals surface area contributed by atoms with Crippen LogP contribution < -0.4 is 5.32 Å². The summed E-state index contributed by atoms with van der Waals surface area (Å²) in [7, 11) is 1.79. The van der Waals surface area contributed by atoms with Crippen LogP contribution in [0.25, 0.3) is 0 Å². The van der Waals surface area contributed by atoms with Gasteiger partial charge in [0.2, 0.25) is 0 Å². The Bertz CT molecular complexity index is 191. The van der Waals surface area contributed by atoms with E-state index in [1.165, 1.54) is 25.7 Å². The highest BCUT2D eigenvalue weighted by molar-refractivity contribution is 4.90. The Morgan fingerprint density at radius 3 is 2.47 bits per heavy atom. The van der Waals surface area contributed by atoms with Crippen molar-refractivity contribution in [3.05, 3.63) is 0 Å². The lowest BCUT2D eigenvalue weighted by molar-refractivity contribution is 0.0658. The lowest BCUT2D eigenvalue weighted by Crippen LogP contribution is -2.51. The van der Waals surface area contributed by atoms with Gasteiger partial charge in [-0.2, -0.15) is 0 Å². The second-order valence-electron chi connectivity index (χ2n) is 5.68. The second-order valence-corrected chi connectivity index (χ2v) is 5.68. The molecule has 0 radical (unpaired) electrons. The van der Waals surface area contributed by atoms with E-state index in [2.05, 4.69) is 33.0 Å². The molecule has 1 fully saturated rings. The molecule has 0 aromatic heterocycles. The van der Waals surface area contributed by atoms with E-state index in [1.54, 1.807) is 7.11 Å². The lowest BCUT2D eigenvalue weighted by Gasteiger charge is -2.41. The van der Waals surface area contributed by atoms with Crippen molar-refractivity contribution in [3.63, 3.8) is 0 Å². The van der Waals surface area contributed by atoms with Crippen LogP contribution in [-0.4, -0.2) is 25.3 Å². The molecule has 0 aromatic carbocycles. The Balaban J connectivity index is 2.48. The fraction of sp³-hybridized carbons (Fsp3) is 1.00. The van der Waals surface area contributed by atoms with E-state index in [0.717, 1.165) is 0 Å². The molecule has 0 aromatic rings. The van der Waals surface area contributed by atoms with Crippen molar-refractivity contribution in [3.8, 4) is 0 Å². The highest BCUT2D eigenvalue weighted by Gasteiger charge is 2.33. The zero-order chi connectivity index (χ0) is 11.5. The molecule has 3 unspecified atom stereocenters. The summed E-state index contributed by atoms with van der Waals surface area (Å²) in [4.78, 5) is 0. The first kappa shape index (κ1) is 13.0. The number of hydrogen-bond donors (Lipinski definition) is 1. The molecule has 0 aliphatic heterocycles. The van der Waals surface area contributed by atoms with Crippen LogP contribution in [-0.2, 0) is 4.74 Å². The van der Waals surface area contributed by atoms with Gasteiger partial charge in [-0.1, -0.05) is 26.7 Å². The first-order valence-electron chi connectivity index (χ1n) is 6.26. The van der Waals surface area contributed by atoms with Crippen molar-refractivity contribution in [1.29, 1.82) is 0 Å². The minimum atomic E-state index is 0.294. The van der Waals surface area contributed by atoms with Crippen LogP contribution in [0.3, 0.4) is 0 Å². The van der Waals surface area contributed by atoms with E-state index in [9.17, 15) is 0 Å². The molecule has 1 aliphatic rings. The maximum atomic E-state index is 5.36. The molecule has 0 amide bonds. The molecule has 0 saturated heterocycles. The fourth-order valence-electron chi connectivity index (χ4n) is 2.46. The SMILES string of the molecule is COC(C)C(C)NC1CCCCC1(C)C. The number of rotatable bonds is 4. The third-order valence-electron chi connectivity index (χ3n) is 4.05. The van der Waals surface area contributed by atoms with Crippen LogP contribution in [0.2, 0.25) is 0 Å². The fourth-order valence-corrected chi connectivity index (χ4v) is 2.46. The monoisotopic (exact) mass is 213 g/mol. The molecule has 1 rings (SSSR count). The van der Waals surface area contributed by atoms with Crippen LogP contribution >= 0.6 is 0 Å². The van der Waals surface area contributed by atoms with Gasteiger partial charge in [0, 0.05) is 19.2 Å². The topological polar surface area (TPSA) is 21.3 Å². The number of hydrogen-bond acceptors (Lipinski definition) is 2. The standard InChI is InChI=1S/C13H27NO/c1-10(11(2)15-5)14-12-8-6-7-9-13(12,3)4/h10-12,14H,6-9H2,1-5H3. The molecule has 2 heteroatoms. The smallest absolute Gasteiger partial charge is 0.0693 e. The summed E-state index contributed by atoms with van der Waals surface area (Å²) in [6, 6.07) is 1.09. The minimum absolute atomic E-state index is 0.294. The molecular formula is C13H27NO. The molecule has 0 spiro atoms. The molecule has 15 heavy (non-hydrogen) atoms. The summed E-state index contributed by atoms with van der Waals surface area (Å²) in [5.41, 5.74) is 0.444. The average Bonchev–Trinajstić information content (AvgIpc) is 2.19. The number of ether oxygens (including phenoxy) is 1. The van der Waals surface area contributed by atoms with E-state index in [0.29, 0.717) is 23.6 Å². The van der Waals surface area contributed by atoms with Crippen LogP contribution in [0.15, 0.2) is 0 Å². The van der Waals surface area contributed by atoms with Crippen molar-refractivity contribution in [2.24, 2.45) is 5.41 Å². The van der Waals surface area contributed by atoms with Gasteiger partial charge in [0.1, 0.15) is 0 Å². The minimum Gasteiger partial charge on any atom is -0.380 e. The Labute approximate surface area is 94.8 Å². The maximum absolute atomic E-state index is 5.36. The highest BCUT2D eigenvalue weighted by Crippen LogP contribution is 2.35. The molecule has 1 saturated carbocycles. The Morgan fingerprint density at radius 1 is 1.27 bits per heavy atom. The molecule has 2 nitrogen and oxygen atoms in total. The molecular weight excluding hydrogens is 186 g/mol. The number of nitrogens with one attached hydrogen (secondary N) is 1. The van der Waals surface area contributed by atoms with E-state index in [4.69, 9.17) is 4.74 Å². The molecule has 0 bridgehead atoms. The summed E-state index contributed by atoms with van der Waals surface area (Å²) in [6.45, 7) is 9.12. The largest absolute Gasteiger partial charge is 0.380 e. The quantitative estimate of drug-likeness (QED) is 0.775. The van der Waals surface area contributed by atoms with Gasteiger partial charge in [-0.05, 0) is 32.1 Å². The van der Waals surface area contributed by atoms with Crippen molar-refractivity contribution in [2.45, 2.75) is 71.6 Å². The highest BCUT2D eigenvalue weighted by atomic mass is 16.5. The van der Waals surface area contributed by atoms with Gasteiger partial charge in [0.15, 0.2) is 0 Å². The van der Waals surface area contributed by atoms with Gasteiger partial charge < -0.3 is 10.1 Å². The first-order chi connectivity index (χ1) is 6.97. The van der Waals surface area contributed by atoms with Gasteiger partial charge in [-0.25, -0.2) is 0 Å². The maximum Gasteiger partial charge on any atom is 0.0693 e. The van der Waals surface area contributed by atoms with Gasteiger partial charge in [0.05, 0.1) is 6.10 Å². The van der Waals surface area contributed by atoms with Crippen LogP contribution in [0.5, 0.6) is 0 Å². The van der Waals surface area contributed by atoms with E-state index in [-0.39, 0.29) is 0 Å². The Hall–Kier alpha value is -0.0800. The lowest BCUT2D eigenvalue weighted by atomic mass is 9.73. The van der Waals surface area contributed by atoms with E-state index in [1.807, 2.05) is 0 Å². The molecule has 0 heterocycles. The van der Waals surface area contributed by atoms with Gasteiger partial charge in [-0.15, -0.1) is 0 Å². The summed E-state index contributed by atoms with van der Waals surface area (Å²) in [5.74, 6) is 0. The predicted octanol–water partition coefficient (Wildman–Crippen LogP) is 2.97. The van der Waals surface area contributed by atoms with Gasteiger partial charge in [0.25, 0.3) is 0 Å². The third kappa shape index (κ3) is 3.46. The third-order valence-corrected chi connectivity index (χ3v) is 4.05. The van der Waals surface area contributed by atoms with Gasteiger partial charge in [-0.3, -0.25) is 0 Å². The normalized spacial score (nSPS) is 29.8. The number of methoxy groups -OCH3 is 1. The molecule has 3 atom stereocenters. The van der Waals surface area contributed by atoms with Crippen molar-refractivity contribution < 1.29 is 4.74 Å². The first-order valence-corrected chi connectivity index (χ1v) is 6.26. The zero-order valence-corrected chi connectivity index (χ0v) is 11.0.